The fourth-order valence-electron chi connectivity index (χ4n) is 1.40. The van der Waals surface area contributed by atoms with Crippen molar-refractivity contribution < 1.29 is 0 Å². The van der Waals surface area contributed by atoms with Crippen LogP contribution < -0.4 is 16.0 Å². The second-order valence-electron chi connectivity index (χ2n) is 5.49. The Morgan fingerprint density at radius 2 is 2.05 bits per heavy atom. The van der Waals surface area contributed by atoms with Gasteiger partial charge in [0.15, 0.2) is 5.96 Å². The van der Waals surface area contributed by atoms with Crippen LogP contribution in [0.4, 0.5) is 5.82 Å². The molecule has 0 aliphatic heterocycles. The quantitative estimate of drug-likeness (QED) is 0.480. The number of aromatic nitrogens is 1. The van der Waals surface area contributed by atoms with Gasteiger partial charge >= 0.3 is 0 Å². The van der Waals surface area contributed by atoms with Crippen LogP contribution in [0.15, 0.2) is 23.3 Å². The molecular formula is C13H24IN5. The van der Waals surface area contributed by atoms with E-state index in [1.54, 1.807) is 6.20 Å². The average molecular weight is 377 g/mol. The van der Waals surface area contributed by atoms with Crippen molar-refractivity contribution in [3.63, 3.8) is 0 Å². The Bertz CT molecular complexity index is 423. The molecule has 6 heteroatoms. The lowest BCUT2D eigenvalue weighted by molar-refractivity contribution is 0.508. The van der Waals surface area contributed by atoms with Gasteiger partial charge in [0.25, 0.3) is 0 Å². The Hall–Kier alpha value is -1.05. The number of nitrogens with zero attached hydrogens (tertiary/aromatic N) is 3. The fraction of sp³-hybridized carbons (Fsp3) is 0.538. The van der Waals surface area contributed by atoms with Crippen LogP contribution in [-0.2, 0) is 6.54 Å². The van der Waals surface area contributed by atoms with Gasteiger partial charge in [-0.15, -0.1) is 24.0 Å². The third-order valence-electron chi connectivity index (χ3n) is 2.20. The van der Waals surface area contributed by atoms with Gasteiger partial charge < -0.3 is 16.0 Å². The van der Waals surface area contributed by atoms with E-state index in [2.05, 4.69) is 15.3 Å². The van der Waals surface area contributed by atoms with Gasteiger partial charge in [0.05, 0.1) is 6.54 Å². The lowest BCUT2D eigenvalue weighted by Gasteiger charge is -2.21. The van der Waals surface area contributed by atoms with E-state index < -0.39 is 0 Å². The van der Waals surface area contributed by atoms with E-state index in [-0.39, 0.29) is 29.5 Å². The molecule has 5 nitrogen and oxygen atoms in total. The van der Waals surface area contributed by atoms with Gasteiger partial charge in [-0.2, -0.15) is 0 Å². The minimum absolute atomic E-state index is 0. The van der Waals surface area contributed by atoms with Crippen LogP contribution in [0.5, 0.6) is 0 Å². The van der Waals surface area contributed by atoms with Crippen LogP contribution in [0.3, 0.4) is 0 Å². The first-order valence-electron chi connectivity index (χ1n) is 5.98. The smallest absolute Gasteiger partial charge is 0.189 e. The summed E-state index contributed by atoms with van der Waals surface area (Å²) in [6.45, 7) is 6.70. The molecule has 19 heavy (non-hydrogen) atoms. The van der Waals surface area contributed by atoms with Crippen LogP contribution >= 0.6 is 24.0 Å². The van der Waals surface area contributed by atoms with Gasteiger partial charge in [0, 0.05) is 25.8 Å². The van der Waals surface area contributed by atoms with Crippen LogP contribution in [0, 0.1) is 0 Å². The summed E-state index contributed by atoms with van der Waals surface area (Å²) in [5.74, 6) is 1.38. The number of anilines is 1. The zero-order chi connectivity index (χ0) is 13.8. The Labute approximate surface area is 132 Å². The normalized spacial score (nSPS) is 11.7. The highest BCUT2D eigenvalue weighted by Gasteiger charge is 2.09. The van der Waals surface area contributed by atoms with E-state index in [1.807, 2.05) is 51.9 Å². The summed E-state index contributed by atoms with van der Waals surface area (Å²) in [7, 11) is 3.93. The molecule has 0 radical (unpaired) electrons. The Balaban J connectivity index is 0.00000324. The summed E-state index contributed by atoms with van der Waals surface area (Å²) >= 11 is 0. The Morgan fingerprint density at radius 3 is 2.58 bits per heavy atom. The number of halogens is 1. The van der Waals surface area contributed by atoms with E-state index in [0.717, 1.165) is 11.4 Å². The first-order chi connectivity index (χ1) is 8.28. The van der Waals surface area contributed by atoms with Gasteiger partial charge in [-0.3, -0.25) is 0 Å². The van der Waals surface area contributed by atoms with Crippen molar-refractivity contribution in [3.8, 4) is 0 Å². The van der Waals surface area contributed by atoms with Crippen molar-refractivity contribution in [1.29, 1.82) is 0 Å². The van der Waals surface area contributed by atoms with Gasteiger partial charge in [-0.05, 0) is 38.5 Å². The number of nitrogens with one attached hydrogen (secondary N) is 1. The van der Waals surface area contributed by atoms with E-state index >= 15 is 0 Å². The number of rotatable bonds is 3. The molecule has 1 aromatic heterocycles. The number of aliphatic imine (C=N–C) groups is 1. The van der Waals surface area contributed by atoms with E-state index in [0.29, 0.717) is 12.5 Å². The predicted octanol–water partition coefficient (Wildman–Crippen LogP) is 1.97. The van der Waals surface area contributed by atoms with Crippen LogP contribution in [-0.4, -0.2) is 30.6 Å². The van der Waals surface area contributed by atoms with E-state index in [4.69, 9.17) is 5.73 Å². The molecule has 0 amide bonds. The van der Waals surface area contributed by atoms with Gasteiger partial charge in [-0.25, -0.2) is 9.98 Å². The molecule has 1 rings (SSSR count). The van der Waals surface area contributed by atoms with Crippen molar-refractivity contribution in [1.82, 2.24) is 10.3 Å². The zero-order valence-electron chi connectivity index (χ0n) is 12.3. The van der Waals surface area contributed by atoms with Gasteiger partial charge in [-0.1, -0.05) is 0 Å². The lowest BCUT2D eigenvalue weighted by Crippen LogP contribution is -2.44. The minimum atomic E-state index is -0.0688. The molecule has 0 aromatic carbocycles. The molecular weight excluding hydrogens is 353 g/mol. The molecule has 0 saturated carbocycles. The molecule has 0 atom stereocenters. The monoisotopic (exact) mass is 377 g/mol. The molecule has 3 N–H and O–H groups in total. The SMILES string of the molecule is CN(C)c1cc(CN=C(N)NC(C)(C)C)ccn1.I. The van der Waals surface area contributed by atoms with E-state index in [9.17, 15) is 0 Å². The second kappa shape index (κ2) is 7.52. The summed E-state index contributed by atoms with van der Waals surface area (Å²) in [4.78, 5) is 10.5. The van der Waals surface area contributed by atoms with Crippen LogP contribution in [0.2, 0.25) is 0 Å². The third kappa shape index (κ3) is 7.19. The van der Waals surface area contributed by atoms with Crippen molar-refractivity contribution >= 4 is 35.8 Å². The second-order valence-corrected chi connectivity index (χ2v) is 5.49. The molecule has 0 aliphatic carbocycles. The van der Waals surface area contributed by atoms with Gasteiger partial charge in [0.2, 0.25) is 0 Å². The van der Waals surface area contributed by atoms with Crippen LogP contribution in [0.25, 0.3) is 0 Å². The molecule has 0 unspecified atom stereocenters. The number of nitrogens with two attached hydrogens (primary N) is 1. The molecule has 1 heterocycles. The first-order valence-corrected chi connectivity index (χ1v) is 5.98. The van der Waals surface area contributed by atoms with Crippen LogP contribution in [0.1, 0.15) is 26.3 Å². The summed E-state index contributed by atoms with van der Waals surface area (Å²) in [6, 6.07) is 3.95. The largest absolute Gasteiger partial charge is 0.370 e. The van der Waals surface area contributed by atoms with Crippen molar-refractivity contribution in [3.05, 3.63) is 23.9 Å². The highest BCUT2D eigenvalue weighted by Crippen LogP contribution is 2.10. The Morgan fingerprint density at radius 1 is 1.42 bits per heavy atom. The maximum atomic E-state index is 5.82. The predicted molar refractivity (Wildman–Crippen MR) is 92.2 cm³/mol. The molecule has 0 fully saturated rings. The van der Waals surface area contributed by atoms with Gasteiger partial charge in [0.1, 0.15) is 5.82 Å². The first kappa shape index (κ1) is 17.9. The van der Waals surface area contributed by atoms with Crippen molar-refractivity contribution in [2.45, 2.75) is 32.9 Å². The van der Waals surface area contributed by atoms with E-state index in [1.165, 1.54) is 0 Å². The molecule has 0 saturated heterocycles. The third-order valence-corrected chi connectivity index (χ3v) is 2.20. The highest BCUT2D eigenvalue weighted by molar-refractivity contribution is 14.0. The highest BCUT2D eigenvalue weighted by atomic mass is 127. The van der Waals surface area contributed by atoms with Crippen molar-refractivity contribution in [2.24, 2.45) is 10.7 Å². The number of hydrogen-bond acceptors (Lipinski definition) is 3. The zero-order valence-corrected chi connectivity index (χ0v) is 14.6. The Kier molecular flexibility index (Phi) is 7.10. The number of hydrogen-bond donors (Lipinski definition) is 2. The molecule has 0 spiro atoms. The van der Waals surface area contributed by atoms with Crippen molar-refractivity contribution in [2.75, 3.05) is 19.0 Å². The maximum absolute atomic E-state index is 5.82. The molecule has 108 valence electrons. The summed E-state index contributed by atoms with van der Waals surface area (Å²) in [6.07, 6.45) is 1.79. The maximum Gasteiger partial charge on any atom is 0.189 e. The summed E-state index contributed by atoms with van der Waals surface area (Å²) in [5, 5.41) is 3.13. The summed E-state index contributed by atoms with van der Waals surface area (Å²) < 4.78 is 0. The lowest BCUT2D eigenvalue weighted by atomic mass is 10.1. The molecule has 0 bridgehead atoms. The number of pyridine rings is 1. The molecule has 0 aliphatic rings. The standard InChI is InChI=1S/C13H23N5.HI/c1-13(2,3)17-12(14)16-9-10-6-7-15-11(8-10)18(4)5;/h6-8H,9H2,1-5H3,(H3,14,16,17);1H. The number of guanidine groups is 1. The fourth-order valence-corrected chi connectivity index (χ4v) is 1.40. The minimum Gasteiger partial charge on any atom is -0.370 e. The summed E-state index contributed by atoms with van der Waals surface area (Å²) in [5.41, 5.74) is 6.84. The topological polar surface area (TPSA) is 66.5 Å². The average Bonchev–Trinajstić information content (AvgIpc) is 2.24. The molecule has 1 aromatic rings.